The fourth-order valence-corrected chi connectivity index (χ4v) is 3.25. The molecule has 0 unspecified atom stereocenters. The van der Waals surface area contributed by atoms with Crippen LogP contribution in [0.15, 0.2) is 43.5 Å². The molecule has 1 aliphatic rings. The molecule has 25 heavy (non-hydrogen) atoms. The Bertz CT molecular complexity index is 838. The fourth-order valence-electron chi connectivity index (χ4n) is 2.95. The van der Waals surface area contributed by atoms with Crippen LogP contribution < -0.4 is 0 Å². The van der Waals surface area contributed by atoms with Crippen molar-refractivity contribution >= 4 is 11.6 Å². The van der Waals surface area contributed by atoms with Crippen molar-refractivity contribution in [2.75, 3.05) is 6.61 Å². The Kier molecular flexibility index (Phi) is 4.24. The summed E-state index contributed by atoms with van der Waals surface area (Å²) >= 11 is 6.57. The molecule has 0 saturated carbocycles. The third kappa shape index (κ3) is 2.82. The molecule has 8 nitrogen and oxygen atoms in total. The molecule has 2 atom stereocenters. The molecule has 3 aromatic rings. The Labute approximate surface area is 149 Å². The van der Waals surface area contributed by atoms with Gasteiger partial charge in [0, 0.05) is 0 Å². The topological polar surface area (TPSA) is 79.9 Å². The molecule has 0 spiro atoms. The molecule has 1 aromatic carbocycles. The summed E-state index contributed by atoms with van der Waals surface area (Å²) in [4.78, 5) is 7.97. The normalized spacial score (nSPS) is 23.2. The number of halogens is 1. The molecule has 1 saturated heterocycles. The van der Waals surface area contributed by atoms with E-state index >= 15 is 0 Å². The van der Waals surface area contributed by atoms with E-state index in [1.165, 1.54) is 12.7 Å². The van der Waals surface area contributed by atoms with Crippen molar-refractivity contribution in [1.82, 2.24) is 29.5 Å². The molecule has 0 bridgehead atoms. The van der Waals surface area contributed by atoms with Gasteiger partial charge in [0.2, 0.25) is 0 Å². The first-order valence-electron chi connectivity index (χ1n) is 8.05. The number of hydrogen-bond donors (Lipinski definition) is 0. The molecular formula is C16H17ClN6O2. The van der Waals surface area contributed by atoms with E-state index in [0.717, 1.165) is 18.5 Å². The van der Waals surface area contributed by atoms with Gasteiger partial charge in [-0.2, -0.15) is 14.9 Å². The standard InChI is InChI=1S/C16H17ClN6O2/c1-2-3-13-7-24-16(25-13,23-11-19-9-21-23)14-5-4-12(6-15(14)17)22-10-18-8-20-22/h4-6,8-11,13H,2-3,7H2,1H3/t13-,16+/m1/s1. The molecule has 3 heterocycles. The molecule has 0 aliphatic carbocycles. The van der Waals surface area contributed by atoms with E-state index in [4.69, 9.17) is 21.1 Å². The molecule has 130 valence electrons. The van der Waals surface area contributed by atoms with Gasteiger partial charge in [0.1, 0.15) is 25.3 Å². The maximum atomic E-state index is 6.57. The number of nitrogens with zero attached hydrogens (tertiary/aromatic N) is 6. The molecule has 1 aliphatic heterocycles. The third-order valence-electron chi connectivity index (χ3n) is 4.10. The summed E-state index contributed by atoms with van der Waals surface area (Å²) in [6.45, 7) is 2.58. The van der Waals surface area contributed by atoms with Crippen molar-refractivity contribution in [2.45, 2.75) is 31.8 Å². The van der Waals surface area contributed by atoms with Crippen LogP contribution in [-0.2, 0) is 15.4 Å². The lowest BCUT2D eigenvalue weighted by molar-refractivity contribution is -0.206. The molecule has 0 N–H and O–H groups in total. The number of rotatable bonds is 5. The Morgan fingerprint density at radius 3 is 2.76 bits per heavy atom. The fraction of sp³-hybridized carbons (Fsp3) is 0.375. The van der Waals surface area contributed by atoms with Crippen LogP contribution in [0.1, 0.15) is 25.3 Å². The van der Waals surface area contributed by atoms with Gasteiger partial charge in [-0.1, -0.05) is 24.9 Å². The number of hydrogen-bond acceptors (Lipinski definition) is 6. The van der Waals surface area contributed by atoms with Gasteiger partial charge in [0.25, 0.3) is 0 Å². The highest BCUT2D eigenvalue weighted by Gasteiger charge is 2.47. The Morgan fingerprint density at radius 1 is 1.24 bits per heavy atom. The zero-order valence-corrected chi connectivity index (χ0v) is 14.4. The zero-order chi connectivity index (χ0) is 17.3. The van der Waals surface area contributed by atoms with Crippen molar-refractivity contribution < 1.29 is 9.47 Å². The molecule has 2 aromatic heterocycles. The molecule has 4 rings (SSSR count). The van der Waals surface area contributed by atoms with E-state index in [-0.39, 0.29) is 6.10 Å². The van der Waals surface area contributed by atoms with Gasteiger partial charge < -0.3 is 9.47 Å². The van der Waals surface area contributed by atoms with Gasteiger partial charge in [-0.05, 0) is 24.6 Å². The first-order chi connectivity index (χ1) is 12.2. The minimum absolute atomic E-state index is 0.0275. The van der Waals surface area contributed by atoms with Gasteiger partial charge in [-0.3, -0.25) is 0 Å². The van der Waals surface area contributed by atoms with E-state index in [1.54, 1.807) is 28.1 Å². The van der Waals surface area contributed by atoms with Gasteiger partial charge in [0.05, 0.1) is 29.0 Å². The Morgan fingerprint density at radius 2 is 2.08 bits per heavy atom. The van der Waals surface area contributed by atoms with E-state index < -0.39 is 5.91 Å². The predicted molar refractivity (Wildman–Crippen MR) is 89.2 cm³/mol. The van der Waals surface area contributed by atoms with Gasteiger partial charge >= 0.3 is 5.91 Å². The van der Waals surface area contributed by atoms with Crippen molar-refractivity contribution in [3.63, 3.8) is 0 Å². The largest absolute Gasteiger partial charge is 0.325 e. The highest BCUT2D eigenvalue weighted by Crippen LogP contribution is 2.40. The molecule has 9 heteroatoms. The van der Waals surface area contributed by atoms with Gasteiger partial charge in [-0.15, -0.1) is 0 Å². The first kappa shape index (κ1) is 16.2. The minimum atomic E-state index is -1.21. The van der Waals surface area contributed by atoms with Crippen LogP contribution in [0.5, 0.6) is 0 Å². The summed E-state index contributed by atoms with van der Waals surface area (Å²) in [6, 6.07) is 5.54. The molecule has 1 fully saturated rings. The molecule has 0 radical (unpaired) electrons. The molecular weight excluding hydrogens is 344 g/mol. The number of ether oxygens (including phenoxy) is 2. The van der Waals surface area contributed by atoms with Crippen LogP contribution >= 0.6 is 11.6 Å². The second kappa shape index (κ2) is 6.55. The zero-order valence-electron chi connectivity index (χ0n) is 13.6. The summed E-state index contributed by atoms with van der Waals surface area (Å²) < 4.78 is 15.5. The van der Waals surface area contributed by atoms with Crippen molar-refractivity contribution in [3.05, 3.63) is 54.1 Å². The number of benzene rings is 1. The predicted octanol–water partition coefficient (Wildman–Crippen LogP) is 2.39. The van der Waals surface area contributed by atoms with Crippen LogP contribution in [0.3, 0.4) is 0 Å². The SMILES string of the molecule is CCC[C@@H]1CO[C@](c2ccc(-n3cncn3)cc2Cl)(n2cncn2)O1. The van der Waals surface area contributed by atoms with Crippen LogP contribution in [0, 0.1) is 0 Å². The Balaban J connectivity index is 1.76. The minimum Gasteiger partial charge on any atom is -0.325 e. The van der Waals surface area contributed by atoms with Crippen LogP contribution in [-0.4, -0.2) is 42.2 Å². The quantitative estimate of drug-likeness (QED) is 0.695. The van der Waals surface area contributed by atoms with Gasteiger partial charge in [-0.25, -0.2) is 14.6 Å². The van der Waals surface area contributed by atoms with Gasteiger partial charge in [0.15, 0.2) is 0 Å². The monoisotopic (exact) mass is 360 g/mol. The summed E-state index contributed by atoms with van der Waals surface area (Å²) in [5.74, 6) is -1.21. The summed E-state index contributed by atoms with van der Waals surface area (Å²) in [5, 5.41) is 8.83. The summed E-state index contributed by atoms with van der Waals surface area (Å²) in [5.41, 5.74) is 1.46. The summed E-state index contributed by atoms with van der Waals surface area (Å²) in [6.07, 6.45) is 7.96. The van der Waals surface area contributed by atoms with E-state index in [0.29, 0.717) is 17.2 Å². The summed E-state index contributed by atoms with van der Waals surface area (Å²) in [7, 11) is 0. The van der Waals surface area contributed by atoms with E-state index in [1.807, 2.05) is 12.1 Å². The second-order valence-corrected chi connectivity index (χ2v) is 6.17. The highest BCUT2D eigenvalue weighted by molar-refractivity contribution is 6.31. The maximum absolute atomic E-state index is 6.57. The first-order valence-corrected chi connectivity index (χ1v) is 8.42. The lowest BCUT2D eigenvalue weighted by Gasteiger charge is -2.29. The maximum Gasteiger partial charge on any atom is 0.302 e. The van der Waals surface area contributed by atoms with Crippen LogP contribution in [0.25, 0.3) is 5.69 Å². The van der Waals surface area contributed by atoms with Crippen LogP contribution in [0.4, 0.5) is 0 Å². The lowest BCUT2D eigenvalue weighted by atomic mass is 10.1. The van der Waals surface area contributed by atoms with Crippen molar-refractivity contribution in [2.24, 2.45) is 0 Å². The van der Waals surface area contributed by atoms with E-state index in [9.17, 15) is 0 Å². The average molecular weight is 361 g/mol. The molecule has 0 amide bonds. The van der Waals surface area contributed by atoms with E-state index in [2.05, 4.69) is 27.1 Å². The Hall–Kier alpha value is -2.29. The lowest BCUT2D eigenvalue weighted by Crippen LogP contribution is -2.37. The average Bonchev–Trinajstić information content (AvgIpc) is 3.37. The highest BCUT2D eigenvalue weighted by atomic mass is 35.5. The second-order valence-electron chi connectivity index (χ2n) is 5.77. The van der Waals surface area contributed by atoms with Crippen molar-refractivity contribution in [1.29, 1.82) is 0 Å². The third-order valence-corrected chi connectivity index (χ3v) is 4.41. The number of aromatic nitrogens is 6. The smallest absolute Gasteiger partial charge is 0.302 e. The van der Waals surface area contributed by atoms with Crippen LogP contribution in [0.2, 0.25) is 5.02 Å². The van der Waals surface area contributed by atoms with Crippen molar-refractivity contribution in [3.8, 4) is 5.69 Å².